The Morgan fingerprint density at radius 1 is 0.846 bits per heavy atom. The van der Waals surface area contributed by atoms with Crippen LogP contribution in [-0.2, 0) is 14.3 Å². The molecular formula is C29H25NO9. The topological polar surface area (TPSA) is 140 Å². The maximum Gasteiger partial charge on any atom is 0.337 e. The van der Waals surface area contributed by atoms with E-state index >= 15 is 0 Å². The Balaban J connectivity index is 2.06. The summed E-state index contributed by atoms with van der Waals surface area (Å²) >= 11 is 0. The summed E-state index contributed by atoms with van der Waals surface area (Å²) in [6.45, 7) is 0. The van der Waals surface area contributed by atoms with Gasteiger partial charge in [0, 0.05) is 5.56 Å². The van der Waals surface area contributed by atoms with Gasteiger partial charge in [0.2, 0.25) is 11.5 Å². The van der Waals surface area contributed by atoms with Crippen molar-refractivity contribution in [2.24, 2.45) is 0 Å². The zero-order chi connectivity index (χ0) is 28.3. The minimum atomic E-state index is -2.68. The van der Waals surface area contributed by atoms with Crippen LogP contribution in [0.1, 0.15) is 32.7 Å². The first-order valence-corrected chi connectivity index (χ1v) is 11.7. The molecule has 0 aromatic heterocycles. The number of carbonyl (C=O) groups excluding carboxylic acids is 3. The Morgan fingerprint density at radius 2 is 1.41 bits per heavy atom. The molecule has 3 aromatic carbocycles. The number of carboxylic acids is 1. The molecule has 0 bridgehead atoms. The maximum absolute atomic E-state index is 14.0. The number of esters is 1. The van der Waals surface area contributed by atoms with Crippen molar-refractivity contribution in [2.75, 3.05) is 26.2 Å². The van der Waals surface area contributed by atoms with Crippen LogP contribution in [0.25, 0.3) is 5.70 Å². The van der Waals surface area contributed by atoms with E-state index in [0.717, 1.165) is 12.0 Å². The standard InChI is InChI=1S/C29H25NO9/c1-37-19-12-8-17(9-13-19)25-24(26(32)18-10-14-20(38-2)15-11-18)27(33)29(36,16-23(31)39-3)30(25)22-7-5-4-6-21(22)28(34)35/h4-15,36H,16H2,1-3H3,(H,34,35). The molecule has 1 aliphatic rings. The number of ketones is 2. The summed E-state index contributed by atoms with van der Waals surface area (Å²) in [7, 11) is 4.02. The van der Waals surface area contributed by atoms with Gasteiger partial charge in [0.05, 0.1) is 43.9 Å². The van der Waals surface area contributed by atoms with E-state index in [-0.39, 0.29) is 22.5 Å². The highest BCUT2D eigenvalue weighted by Crippen LogP contribution is 2.46. The number of aliphatic hydroxyl groups is 1. The Labute approximate surface area is 223 Å². The molecule has 0 spiro atoms. The highest BCUT2D eigenvalue weighted by molar-refractivity contribution is 6.37. The van der Waals surface area contributed by atoms with Gasteiger partial charge in [-0.25, -0.2) is 4.79 Å². The number of benzene rings is 3. The van der Waals surface area contributed by atoms with Crippen molar-refractivity contribution in [3.8, 4) is 11.5 Å². The number of carboxylic acid groups (broad SMARTS) is 1. The van der Waals surface area contributed by atoms with Crippen molar-refractivity contribution < 1.29 is 43.6 Å². The highest BCUT2D eigenvalue weighted by atomic mass is 16.5. The molecule has 200 valence electrons. The van der Waals surface area contributed by atoms with Gasteiger partial charge in [-0.3, -0.25) is 14.4 Å². The zero-order valence-corrected chi connectivity index (χ0v) is 21.3. The van der Waals surface area contributed by atoms with E-state index in [1.165, 1.54) is 50.6 Å². The quantitative estimate of drug-likeness (QED) is 0.240. The molecule has 1 aliphatic heterocycles. The van der Waals surface area contributed by atoms with E-state index < -0.39 is 41.2 Å². The van der Waals surface area contributed by atoms with Crippen LogP contribution in [0.2, 0.25) is 0 Å². The smallest absolute Gasteiger partial charge is 0.337 e. The van der Waals surface area contributed by atoms with Gasteiger partial charge in [0.15, 0.2) is 5.78 Å². The minimum Gasteiger partial charge on any atom is -0.497 e. The summed E-state index contributed by atoms with van der Waals surface area (Å²) in [5.74, 6) is -3.16. The lowest BCUT2D eigenvalue weighted by atomic mass is 9.93. The molecule has 1 unspecified atom stereocenters. The summed E-state index contributed by atoms with van der Waals surface area (Å²) in [6.07, 6.45) is -0.880. The number of aromatic carboxylic acids is 1. The van der Waals surface area contributed by atoms with E-state index in [0.29, 0.717) is 17.1 Å². The Hall–Kier alpha value is -4.96. The average Bonchev–Trinajstić information content (AvgIpc) is 3.18. The number of para-hydroxylation sites is 1. The summed E-state index contributed by atoms with van der Waals surface area (Å²) in [5.41, 5.74) is -3.15. The molecule has 1 atom stereocenters. The minimum absolute atomic E-state index is 0.0800. The van der Waals surface area contributed by atoms with Crippen LogP contribution in [0.15, 0.2) is 78.4 Å². The fourth-order valence-electron chi connectivity index (χ4n) is 4.43. The van der Waals surface area contributed by atoms with Gasteiger partial charge in [-0.15, -0.1) is 0 Å². The van der Waals surface area contributed by atoms with Gasteiger partial charge in [0.1, 0.15) is 17.9 Å². The third-order valence-electron chi connectivity index (χ3n) is 6.36. The summed E-state index contributed by atoms with van der Waals surface area (Å²) in [4.78, 5) is 53.5. The van der Waals surface area contributed by atoms with Crippen LogP contribution in [-0.4, -0.2) is 60.8 Å². The Morgan fingerprint density at radius 3 is 1.95 bits per heavy atom. The molecule has 0 amide bonds. The van der Waals surface area contributed by atoms with Gasteiger partial charge < -0.3 is 29.3 Å². The second kappa shape index (κ2) is 10.8. The van der Waals surface area contributed by atoms with Crippen molar-refractivity contribution in [3.05, 3.63) is 95.1 Å². The van der Waals surface area contributed by atoms with E-state index in [1.807, 2.05) is 0 Å². The molecular weight excluding hydrogens is 506 g/mol. The maximum atomic E-state index is 14.0. The first kappa shape index (κ1) is 27.1. The van der Waals surface area contributed by atoms with E-state index in [4.69, 9.17) is 14.2 Å². The first-order valence-electron chi connectivity index (χ1n) is 11.7. The number of carbonyl (C=O) groups is 4. The predicted octanol–water partition coefficient (Wildman–Crippen LogP) is 3.34. The first-order chi connectivity index (χ1) is 18.7. The monoisotopic (exact) mass is 531 g/mol. The highest BCUT2D eigenvalue weighted by Gasteiger charge is 2.56. The lowest BCUT2D eigenvalue weighted by molar-refractivity contribution is -0.150. The molecule has 0 fully saturated rings. The number of rotatable bonds is 9. The Kier molecular flexibility index (Phi) is 7.50. The molecule has 0 radical (unpaired) electrons. The second-order valence-electron chi connectivity index (χ2n) is 8.57. The lowest BCUT2D eigenvalue weighted by Crippen LogP contribution is -2.52. The summed E-state index contributed by atoms with van der Waals surface area (Å²) < 4.78 is 15.1. The number of methoxy groups -OCH3 is 3. The van der Waals surface area contributed by atoms with E-state index in [1.54, 1.807) is 36.4 Å². The van der Waals surface area contributed by atoms with Crippen LogP contribution < -0.4 is 14.4 Å². The number of hydrogen-bond donors (Lipinski definition) is 2. The van der Waals surface area contributed by atoms with Crippen LogP contribution in [0.4, 0.5) is 5.69 Å². The molecule has 10 heteroatoms. The van der Waals surface area contributed by atoms with Gasteiger partial charge in [-0.05, 0) is 66.2 Å². The molecule has 0 saturated heterocycles. The molecule has 3 aromatic rings. The van der Waals surface area contributed by atoms with Crippen molar-refractivity contribution in [3.63, 3.8) is 0 Å². The number of hydrogen-bond acceptors (Lipinski definition) is 9. The van der Waals surface area contributed by atoms with Crippen molar-refractivity contribution >= 4 is 34.9 Å². The number of Topliss-reactive ketones (excluding diaryl/α,β-unsaturated/α-hetero) is 2. The van der Waals surface area contributed by atoms with E-state index in [2.05, 4.69) is 0 Å². The van der Waals surface area contributed by atoms with Crippen LogP contribution in [0, 0.1) is 0 Å². The second-order valence-corrected chi connectivity index (χ2v) is 8.57. The van der Waals surface area contributed by atoms with Crippen molar-refractivity contribution in [1.29, 1.82) is 0 Å². The van der Waals surface area contributed by atoms with Crippen LogP contribution >= 0.6 is 0 Å². The number of anilines is 1. The molecule has 4 rings (SSSR count). The molecule has 0 saturated carbocycles. The lowest BCUT2D eigenvalue weighted by Gasteiger charge is -2.36. The fraction of sp³-hybridized carbons (Fsp3) is 0.172. The van der Waals surface area contributed by atoms with Gasteiger partial charge in [-0.2, -0.15) is 0 Å². The fourth-order valence-corrected chi connectivity index (χ4v) is 4.43. The largest absolute Gasteiger partial charge is 0.497 e. The normalized spacial score (nSPS) is 16.7. The van der Waals surface area contributed by atoms with Crippen molar-refractivity contribution in [2.45, 2.75) is 12.1 Å². The number of nitrogens with zero attached hydrogens (tertiary/aromatic N) is 1. The molecule has 0 aliphatic carbocycles. The predicted molar refractivity (Wildman–Crippen MR) is 140 cm³/mol. The third kappa shape index (κ3) is 4.85. The average molecular weight is 532 g/mol. The van der Waals surface area contributed by atoms with Crippen LogP contribution in [0.5, 0.6) is 11.5 Å². The van der Waals surface area contributed by atoms with E-state index in [9.17, 15) is 29.4 Å². The van der Waals surface area contributed by atoms with Crippen LogP contribution in [0.3, 0.4) is 0 Å². The molecule has 2 N–H and O–H groups in total. The molecule has 39 heavy (non-hydrogen) atoms. The van der Waals surface area contributed by atoms with Gasteiger partial charge >= 0.3 is 11.9 Å². The SMILES string of the molecule is COC(=O)CC1(O)C(=O)C(C(=O)c2ccc(OC)cc2)=C(c2ccc(OC)cc2)N1c1ccccc1C(=O)O. The van der Waals surface area contributed by atoms with Gasteiger partial charge in [0.25, 0.3) is 0 Å². The third-order valence-corrected chi connectivity index (χ3v) is 6.36. The zero-order valence-electron chi connectivity index (χ0n) is 21.3. The number of ether oxygens (including phenoxy) is 3. The molecule has 10 nitrogen and oxygen atoms in total. The van der Waals surface area contributed by atoms with Gasteiger partial charge in [-0.1, -0.05) is 12.1 Å². The summed E-state index contributed by atoms with van der Waals surface area (Å²) in [5, 5.41) is 21.8. The summed E-state index contributed by atoms with van der Waals surface area (Å²) in [6, 6.07) is 17.9. The van der Waals surface area contributed by atoms with Crippen molar-refractivity contribution in [1.82, 2.24) is 0 Å². The molecule has 1 heterocycles. The Bertz CT molecular complexity index is 1480.